The van der Waals surface area contributed by atoms with Crippen molar-refractivity contribution in [1.29, 1.82) is 0 Å². The first-order chi connectivity index (χ1) is 9.68. The predicted molar refractivity (Wildman–Crippen MR) is 76.0 cm³/mol. The van der Waals surface area contributed by atoms with Gasteiger partial charge in [-0.1, -0.05) is 17.7 Å². The highest BCUT2D eigenvalue weighted by atomic mass is 35.5. The predicted octanol–water partition coefficient (Wildman–Crippen LogP) is 4.82. The molecule has 21 heavy (non-hydrogen) atoms. The van der Waals surface area contributed by atoms with Gasteiger partial charge < -0.3 is 5.32 Å². The van der Waals surface area contributed by atoms with Crippen molar-refractivity contribution in [3.63, 3.8) is 0 Å². The van der Waals surface area contributed by atoms with Gasteiger partial charge in [-0.25, -0.2) is 9.97 Å². The van der Waals surface area contributed by atoms with Crippen LogP contribution in [0.4, 0.5) is 24.7 Å². The molecule has 2 rings (SSSR count). The highest BCUT2D eigenvalue weighted by Gasteiger charge is 2.30. The van der Waals surface area contributed by atoms with Gasteiger partial charge in [0.05, 0.1) is 17.0 Å². The van der Waals surface area contributed by atoms with Gasteiger partial charge in [0.2, 0.25) is 0 Å². The fraction of sp³-hybridized carbons (Fsp3) is 0.286. The second kappa shape index (κ2) is 5.52. The molecule has 1 aromatic heterocycles. The Balaban J connectivity index is 2.42. The molecule has 1 N–H and O–H groups in total. The fourth-order valence-corrected chi connectivity index (χ4v) is 1.93. The monoisotopic (exact) mass is 315 g/mol. The van der Waals surface area contributed by atoms with E-state index < -0.39 is 11.7 Å². The first kappa shape index (κ1) is 15.6. The molecule has 0 fully saturated rings. The lowest BCUT2D eigenvalue weighted by Crippen LogP contribution is -2.07. The molecule has 0 saturated heterocycles. The van der Waals surface area contributed by atoms with E-state index in [1.807, 2.05) is 0 Å². The normalized spacial score (nSPS) is 11.6. The maximum atomic E-state index is 12.8. The number of benzene rings is 1. The standard InChI is InChI=1S/C14H13ClF3N3/c1-7-4-5-10(14(16,17)18)6-11(7)21-13-12(15)19-8(2)9(3)20-13/h4-6H,1-3H3,(H,20,21). The van der Waals surface area contributed by atoms with E-state index in [0.717, 1.165) is 12.1 Å². The van der Waals surface area contributed by atoms with Crippen LogP contribution in [0, 0.1) is 20.8 Å². The molecule has 7 heteroatoms. The lowest BCUT2D eigenvalue weighted by atomic mass is 10.1. The summed E-state index contributed by atoms with van der Waals surface area (Å²) in [5.41, 5.74) is 1.55. The Labute approximate surface area is 125 Å². The summed E-state index contributed by atoms with van der Waals surface area (Å²) in [6.45, 7) is 5.21. The van der Waals surface area contributed by atoms with E-state index in [1.54, 1.807) is 20.8 Å². The van der Waals surface area contributed by atoms with Crippen molar-refractivity contribution in [3.8, 4) is 0 Å². The molecular weight excluding hydrogens is 303 g/mol. The second-order valence-corrected chi connectivity index (χ2v) is 5.04. The molecule has 0 saturated carbocycles. The van der Waals surface area contributed by atoms with Crippen LogP contribution in [0.3, 0.4) is 0 Å². The van der Waals surface area contributed by atoms with Gasteiger partial charge in [0.15, 0.2) is 11.0 Å². The second-order valence-electron chi connectivity index (χ2n) is 4.69. The minimum Gasteiger partial charge on any atom is -0.337 e. The molecule has 0 unspecified atom stereocenters. The zero-order valence-electron chi connectivity index (χ0n) is 11.6. The fourth-order valence-electron chi connectivity index (χ4n) is 1.72. The number of anilines is 2. The van der Waals surface area contributed by atoms with Crippen LogP contribution in [0.5, 0.6) is 0 Å². The SMILES string of the molecule is Cc1ccc(C(F)(F)F)cc1Nc1nc(C)c(C)nc1Cl. The maximum absolute atomic E-state index is 12.8. The molecule has 0 aliphatic carbocycles. The lowest BCUT2D eigenvalue weighted by Gasteiger charge is -2.14. The average Bonchev–Trinajstić information content (AvgIpc) is 2.37. The van der Waals surface area contributed by atoms with E-state index in [-0.39, 0.29) is 11.0 Å². The summed E-state index contributed by atoms with van der Waals surface area (Å²) in [6.07, 6.45) is -4.40. The molecule has 2 aromatic rings. The third kappa shape index (κ3) is 3.44. The van der Waals surface area contributed by atoms with Crippen molar-refractivity contribution >= 4 is 23.1 Å². The van der Waals surface area contributed by atoms with Gasteiger partial charge in [0.25, 0.3) is 0 Å². The van der Waals surface area contributed by atoms with Gasteiger partial charge in [-0.15, -0.1) is 0 Å². The third-order valence-corrected chi connectivity index (χ3v) is 3.35. The Hall–Kier alpha value is -1.82. The molecule has 1 aromatic carbocycles. The molecule has 0 amide bonds. The van der Waals surface area contributed by atoms with Crippen molar-refractivity contribution in [3.05, 3.63) is 45.9 Å². The summed E-state index contributed by atoms with van der Waals surface area (Å²) in [7, 11) is 0. The van der Waals surface area contributed by atoms with Gasteiger partial charge in [0.1, 0.15) is 0 Å². The number of halogens is 4. The number of hydrogen-bond acceptors (Lipinski definition) is 3. The van der Waals surface area contributed by atoms with Crippen LogP contribution >= 0.6 is 11.6 Å². The summed E-state index contributed by atoms with van der Waals surface area (Å²) in [4.78, 5) is 8.30. The highest BCUT2D eigenvalue weighted by molar-refractivity contribution is 6.31. The van der Waals surface area contributed by atoms with Gasteiger partial charge in [-0.2, -0.15) is 13.2 Å². The van der Waals surface area contributed by atoms with E-state index in [9.17, 15) is 13.2 Å². The Morgan fingerprint density at radius 2 is 1.67 bits per heavy atom. The van der Waals surface area contributed by atoms with E-state index >= 15 is 0 Å². The summed E-state index contributed by atoms with van der Waals surface area (Å²) in [5.74, 6) is 0.238. The van der Waals surface area contributed by atoms with Crippen LogP contribution in [0.1, 0.15) is 22.5 Å². The minimum atomic E-state index is -4.40. The number of alkyl halides is 3. The van der Waals surface area contributed by atoms with Crippen molar-refractivity contribution in [2.24, 2.45) is 0 Å². The zero-order valence-corrected chi connectivity index (χ0v) is 12.4. The van der Waals surface area contributed by atoms with Crippen LogP contribution in [-0.4, -0.2) is 9.97 Å². The van der Waals surface area contributed by atoms with Crippen LogP contribution in [0.25, 0.3) is 0 Å². The molecule has 1 heterocycles. The molecule has 0 aliphatic heterocycles. The summed E-state index contributed by atoms with van der Waals surface area (Å²) in [5, 5.41) is 2.94. The quantitative estimate of drug-likeness (QED) is 0.863. The van der Waals surface area contributed by atoms with Crippen LogP contribution < -0.4 is 5.32 Å². The van der Waals surface area contributed by atoms with E-state index in [4.69, 9.17) is 11.6 Å². The zero-order chi connectivity index (χ0) is 15.8. The first-order valence-corrected chi connectivity index (χ1v) is 6.52. The topological polar surface area (TPSA) is 37.8 Å². The van der Waals surface area contributed by atoms with Crippen LogP contribution in [-0.2, 0) is 6.18 Å². The number of aromatic nitrogens is 2. The van der Waals surface area contributed by atoms with E-state index in [2.05, 4.69) is 15.3 Å². The number of hydrogen-bond donors (Lipinski definition) is 1. The summed E-state index contributed by atoms with van der Waals surface area (Å²) < 4.78 is 38.3. The van der Waals surface area contributed by atoms with Crippen molar-refractivity contribution in [2.45, 2.75) is 26.9 Å². The van der Waals surface area contributed by atoms with Crippen molar-refractivity contribution in [1.82, 2.24) is 9.97 Å². The number of rotatable bonds is 2. The van der Waals surface area contributed by atoms with Gasteiger partial charge in [-0.05, 0) is 38.5 Å². The first-order valence-electron chi connectivity index (χ1n) is 6.14. The van der Waals surface area contributed by atoms with E-state index in [1.165, 1.54) is 6.07 Å². The lowest BCUT2D eigenvalue weighted by molar-refractivity contribution is -0.137. The van der Waals surface area contributed by atoms with Crippen molar-refractivity contribution < 1.29 is 13.2 Å². The van der Waals surface area contributed by atoms with Crippen LogP contribution in [0.15, 0.2) is 18.2 Å². The Bertz CT molecular complexity index is 684. The van der Waals surface area contributed by atoms with Crippen LogP contribution in [0.2, 0.25) is 5.15 Å². The average molecular weight is 316 g/mol. The maximum Gasteiger partial charge on any atom is 0.416 e. The Morgan fingerprint density at radius 3 is 2.29 bits per heavy atom. The molecule has 3 nitrogen and oxygen atoms in total. The molecule has 0 radical (unpaired) electrons. The number of nitrogens with zero attached hydrogens (tertiary/aromatic N) is 2. The molecule has 0 bridgehead atoms. The molecule has 0 spiro atoms. The highest BCUT2D eigenvalue weighted by Crippen LogP contribution is 2.33. The van der Waals surface area contributed by atoms with E-state index in [0.29, 0.717) is 22.6 Å². The number of aryl methyl sites for hydroxylation is 3. The third-order valence-electron chi connectivity index (χ3n) is 3.08. The summed E-state index contributed by atoms with van der Waals surface area (Å²) in [6, 6.07) is 3.46. The summed E-state index contributed by atoms with van der Waals surface area (Å²) >= 11 is 5.98. The van der Waals surface area contributed by atoms with Gasteiger partial charge in [-0.3, -0.25) is 0 Å². The van der Waals surface area contributed by atoms with Gasteiger partial charge in [0, 0.05) is 5.69 Å². The molecular formula is C14H13ClF3N3. The largest absolute Gasteiger partial charge is 0.416 e. The minimum absolute atomic E-state index is 0.120. The molecule has 0 aliphatic rings. The smallest absolute Gasteiger partial charge is 0.337 e. The Kier molecular flexibility index (Phi) is 4.09. The molecule has 0 atom stereocenters. The Morgan fingerprint density at radius 1 is 1.05 bits per heavy atom. The van der Waals surface area contributed by atoms with Gasteiger partial charge >= 0.3 is 6.18 Å². The molecule has 112 valence electrons. The number of nitrogens with one attached hydrogen (secondary N) is 1. The van der Waals surface area contributed by atoms with Crippen molar-refractivity contribution in [2.75, 3.05) is 5.32 Å².